The van der Waals surface area contributed by atoms with Crippen LogP contribution in [0.15, 0.2) is 24.3 Å². The standard InChI is InChI=1S/C14H21ClN2O/c15-12-4-1-5-14(8-12)17-9-11(3-2-6-18)7-13(16)10-17/h1,4-5,8,11,13,18H,2-3,6-7,9-10,16H2. The third-order valence-corrected chi connectivity index (χ3v) is 3.75. The van der Waals surface area contributed by atoms with Gasteiger partial charge in [-0.1, -0.05) is 17.7 Å². The Hall–Kier alpha value is -0.770. The zero-order valence-electron chi connectivity index (χ0n) is 10.6. The lowest BCUT2D eigenvalue weighted by molar-refractivity contribution is 0.259. The van der Waals surface area contributed by atoms with Gasteiger partial charge in [-0.05, 0) is 43.4 Å². The number of rotatable bonds is 4. The minimum Gasteiger partial charge on any atom is -0.396 e. The number of hydrogen-bond donors (Lipinski definition) is 2. The SMILES string of the molecule is NC1CC(CCCO)CN(c2cccc(Cl)c2)C1. The number of benzene rings is 1. The van der Waals surface area contributed by atoms with E-state index in [-0.39, 0.29) is 12.6 Å². The molecule has 1 fully saturated rings. The molecule has 18 heavy (non-hydrogen) atoms. The highest BCUT2D eigenvalue weighted by molar-refractivity contribution is 6.30. The first-order valence-corrected chi connectivity index (χ1v) is 6.94. The molecule has 1 aliphatic heterocycles. The lowest BCUT2D eigenvalue weighted by Gasteiger charge is -2.38. The van der Waals surface area contributed by atoms with Crippen LogP contribution in [-0.2, 0) is 0 Å². The molecule has 4 heteroatoms. The van der Waals surface area contributed by atoms with Gasteiger partial charge in [0, 0.05) is 36.4 Å². The zero-order chi connectivity index (χ0) is 13.0. The summed E-state index contributed by atoms with van der Waals surface area (Å²) in [6, 6.07) is 8.13. The Labute approximate surface area is 114 Å². The van der Waals surface area contributed by atoms with E-state index < -0.39 is 0 Å². The fourth-order valence-corrected chi connectivity index (χ4v) is 2.90. The second kappa shape index (κ2) is 6.41. The number of hydrogen-bond acceptors (Lipinski definition) is 3. The second-order valence-electron chi connectivity index (χ2n) is 5.11. The molecule has 2 rings (SSSR count). The van der Waals surface area contributed by atoms with Crippen molar-refractivity contribution in [1.82, 2.24) is 0 Å². The van der Waals surface area contributed by atoms with Crippen molar-refractivity contribution in [3.63, 3.8) is 0 Å². The molecule has 1 saturated heterocycles. The van der Waals surface area contributed by atoms with Crippen LogP contribution in [0.5, 0.6) is 0 Å². The fraction of sp³-hybridized carbons (Fsp3) is 0.571. The molecule has 2 atom stereocenters. The maximum Gasteiger partial charge on any atom is 0.0431 e. The Morgan fingerprint density at radius 1 is 1.39 bits per heavy atom. The van der Waals surface area contributed by atoms with Crippen LogP contribution in [0.2, 0.25) is 5.02 Å². The van der Waals surface area contributed by atoms with Crippen molar-refractivity contribution < 1.29 is 5.11 Å². The summed E-state index contributed by atoms with van der Waals surface area (Å²) in [7, 11) is 0. The van der Waals surface area contributed by atoms with Gasteiger partial charge in [0.2, 0.25) is 0 Å². The number of piperidine rings is 1. The monoisotopic (exact) mass is 268 g/mol. The van der Waals surface area contributed by atoms with Gasteiger partial charge in [0.15, 0.2) is 0 Å². The Kier molecular flexibility index (Phi) is 4.87. The predicted molar refractivity (Wildman–Crippen MR) is 76.1 cm³/mol. The van der Waals surface area contributed by atoms with Gasteiger partial charge < -0.3 is 15.7 Å². The van der Waals surface area contributed by atoms with Gasteiger partial charge in [0.1, 0.15) is 0 Å². The Morgan fingerprint density at radius 3 is 2.94 bits per heavy atom. The molecule has 0 amide bonds. The van der Waals surface area contributed by atoms with E-state index in [2.05, 4.69) is 11.0 Å². The molecule has 1 aromatic carbocycles. The van der Waals surface area contributed by atoms with Gasteiger partial charge in [-0.15, -0.1) is 0 Å². The van der Waals surface area contributed by atoms with E-state index in [1.807, 2.05) is 18.2 Å². The first kappa shape index (κ1) is 13.7. The van der Waals surface area contributed by atoms with E-state index in [9.17, 15) is 0 Å². The summed E-state index contributed by atoms with van der Waals surface area (Å²) >= 11 is 6.03. The maximum atomic E-state index is 8.92. The molecular weight excluding hydrogens is 248 g/mol. The van der Waals surface area contributed by atoms with Crippen LogP contribution in [0, 0.1) is 5.92 Å². The first-order chi connectivity index (χ1) is 8.69. The van der Waals surface area contributed by atoms with Crippen molar-refractivity contribution in [1.29, 1.82) is 0 Å². The van der Waals surface area contributed by atoms with Crippen molar-refractivity contribution in [3.05, 3.63) is 29.3 Å². The molecule has 1 heterocycles. The number of aliphatic hydroxyl groups excluding tert-OH is 1. The van der Waals surface area contributed by atoms with Gasteiger partial charge in [-0.3, -0.25) is 0 Å². The van der Waals surface area contributed by atoms with Crippen LogP contribution < -0.4 is 10.6 Å². The summed E-state index contributed by atoms with van der Waals surface area (Å²) in [5, 5.41) is 9.68. The molecule has 0 bridgehead atoms. The largest absolute Gasteiger partial charge is 0.396 e. The summed E-state index contributed by atoms with van der Waals surface area (Å²) in [4.78, 5) is 2.31. The lowest BCUT2D eigenvalue weighted by atomic mass is 9.90. The van der Waals surface area contributed by atoms with E-state index in [4.69, 9.17) is 22.4 Å². The van der Waals surface area contributed by atoms with Gasteiger partial charge >= 0.3 is 0 Å². The Morgan fingerprint density at radius 2 is 2.22 bits per heavy atom. The summed E-state index contributed by atoms with van der Waals surface area (Å²) < 4.78 is 0. The molecule has 0 radical (unpaired) electrons. The van der Waals surface area contributed by atoms with Gasteiger partial charge in [0.25, 0.3) is 0 Å². The highest BCUT2D eigenvalue weighted by atomic mass is 35.5. The van der Waals surface area contributed by atoms with Crippen LogP contribution in [-0.4, -0.2) is 30.8 Å². The van der Waals surface area contributed by atoms with Crippen LogP contribution >= 0.6 is 11.6 Å². The molecule has 3 N–H and O–H groups in total. The van der Waals surface area contributed by atoms with Crippen LogP contribution in [0.25, 0.3) is 0 Å². The highest BCUT2D eigenvalue weighted by Crippen LogP contribution is 2.27. The van der Waals surface area contributed by atoms with E-state index >= 15 is 0 Å². The highest BCUT2D eigenvalue weighted by Gasteiger charge is 2.24. The number of nitrogens with two attached hydrogens (primary N) is 1. The quantitative estimate of drug-likeness (QED) is 0.881. The molecular formula is C14H21ClN2O. The van der Waals surface area contributed by atoms with Crippen molar-refractivity contribution in [2.75, 3.05) is 24.6 Å². The number of halogens is 1. The predicted octanol–water partition coefficient (Wildman–Crippen LogP) is 2.27. The van der Waals surface area contributed by atoms with Gasteiger partial charge in [-0.25, -0.2) is 0 Å². The third kappa shape index (κ3) is 3.61. The molecule has 2 unspecified atom stereocenters. The van der Waals surface area contributed by atoms with Crippen molar-refractivity contribution in [2.24, 2.45) is 11.7 Å². The average Bonchev–Trinajstić information content (AvgIpc) is 2.36. The average molecular weight is 269 g/mol. The molecule has 0 saturated carbocycles. The molecule has 1 aliphatic rings. The molecule has 0 aromatic heterocycles. The summed E-state index contributed by atoms with van der Waals surface area (Å²) in [5.41, 5.74) is 7.27. The lowest BCUT2D eigenvalue weighted by Crippen LogP contribution is -2.47. The van der Waals surface area contributed by atoms with Gasteiger partial charge in [0.05, 0.1) is 0 Å². The van der Waals surface area contributed by atoms with Crippen molar-refractivity contribution >= 4 is 17.3 Å². The number of anilines is 1. The van der Waals surface area contributed by atoms with Gasteiger partial charge in [-0.2, -0.15) is 0 Å². The summed E-state index contributed by atoms with van der Waals surface area (Å²) in [6.07, 6.45) is 2.96. The normalized spacial score (nSPS) is 24.3. The molecule has 3 nitrogen and oxygen atoms in total. The fourth-order valence-electron chi connectivity index (χ4n) is 2.72. The van der Waals surface area contributed by atoms with E-state index in [0.29, 0.717) is 5.92 Å². The number of aliphatic hydroxyl groups is 1. The van der Waals surface area contributed by atoms with Crippen LogP contribution in [0.4, 0.5) is 5.69 Å². The first-order valence-electron chi connectivity index (χ1n) is 6.56. The molecule has 1 aromatic rings. The number of nitrogens with zero attached hydrogens (tertiary/aromatic N) is 1. The Bertz CT molecular complexity index is 386. The second-order valence-corrected chi connectivity index (χ2v) is 5.55. The molecule has 0 aliphatic carbocycles. The maximum absolute atomic E-state index is 8.92. The zero-order valence-corrected chi connectivity index (χ0v) is 11.3. The van der Waals surface area contributed by atoms with Crippen LogP contribution in [0.3, 0.4) is 0 Å². The van der Waals surface area contributed by atoms with E-state index in [0.717, 1.165) is 43.1 Å². The smallest absolute Gasteiger partial charge is 0.0431 e. The van der Waals surface area contributed by atoms with Crippen molar-refractivity contribution in [3.8, 4) is 0 Å². The minimum atomic E-state index is 0.210. The summed E-state index contributed by atoms with van der Waals surface area (Å²) in [6.45, 7) is 2.16. The topological polar surface area (TPSA) is 49.5 Å². The molecule has 0 spiro atoms. The minimum absolute atomic E-state index is 0.210. The van der Waals surface area contributed by atoms with E-state index in [1.54, 1.807) is 0 Å². The van der Waals surface area contributed by atoms with E-state index in [1.165, 1.54) is 0 Å². The summed E-state index contributed by atoms with van der Waals surface area (Å²) in [5.74, 6) is 0.569. The third-order valence-electron chi connectivity index (χ3n) is 3.51. The van der Waals surface area contributed by atoms with Crippen molar-refractivity contribution in [2.45, 2.75) is 25.3 Å². The Balaban J connectivity index is 2.03. The molecule has 100 valence electrons. The van der Waals surface area contributed by atoms with Crippen LogP contribution in [0.1, 0.15) is 19.3 Å².